The smallest absolute Gasteiger partial charge is 0.261 e. The number of furan rings is 1. The van der Waals surface area contributed by atoms with Crippen LogP contribution in [0.2, 0.25) is 0 Å². The molecule has 0 bridgehead atoms. The van der Waals surface area contributed by atoms with Crippen molar-refractivity contribution >= 4 is 0 Å². The summed E-state index contributed by atoms with van der Waals surface area (Å²) in [6.07, 6.45) is -0.935. The minimum Gasteiger partial charge on any atom is -0.464 e. The molecular formula is C13H21F2NO2. The van der Waals surface area contributed by atoms with Gasteiger partial charge < -0.3 is 14.5 Å². The Morgan fingerprint density at radius 3 is 2.67 bits per heavy atom. The van der Waals surface area contributed by atoms with Crippen LogP contribution in [-0.2, 0) is 11.2 Å². The molecule has 1 unspecified atom stereocenters. The Morgan fingerprint density at radius 1 is 1.33 bits per heavy atom. The number of rotatable bonds is 9. The molecule has 0 fully saturated rings. The van der Waals surface area contributed by atoms with Crippen LogP contribution in [0.3, 0.4) is 0 Å². The Hall–Kier alpha value is -0.940. The van der Waals surface area contributed by atoms with E-state index in [1.807, 2.05) is 26.0 Å². The molecule has 0 spiro atoms. The molecule has 0 aliphatic carbocycles. The van der Waals surface area contributed by atoms with E-state index in [1.165, 1.54) is 0 Å². The predicted molar refractivity (Wildman–Crippen MR) is 65.9 cm³/mol. The molecule has 5 heteroatoms. The van der Waals surface area contributed by atoms with Gasteiger partial charge in [-0.3, -0.25) is 0 Å². The summed E-state index contributed by atoms with van der Waals surface area (Å²) in [5.74, 6) is 1.77. The third-order valence-electron chi connectivity index (χ3n) is 2.62. The van der Waals surface area contributed by atoms with Gasteiger partial charge in [-0.1, -0.05) is 13.8 Å². The molecule has 1 atom stereocenters. The van der Waals surface area contributed by atoms with Gasteiger partial charge in [0.15, 0.2) is 0 Å². The molecule has 1 heterocycles. The monoisotopic (exact) mass is 261 g/mol. The van der Waals surface area contributed by atoms with Crippen molar-refractivity contribution in [1.29, 1.82) is 0 Å². The number of hydrogen-bond acceptors (Lipinski definition) is 3. The van der Waals surface area contributed by atoms with E-state index >= 15 is 0 Å². The molecule has 1 aromatic heterocycles. The van der Waals surface area contributed by atoms with Crippen LogP contribution in [0, 0.1) is 0 Å². The maximum atomic E-state index is 11.9. The van der Waals surface area contributed by atoms with E-state index in [-0.39, 0.29) is 6.04 Å². The number of halogens is 2. The zero-order chi connectivity index (χ0) is 13.4. The molecule has 18 heavy (non-hydrogen) atoms. The van der Waals surface area contributed by atoms with Gasteiger partial charge >= 0.3 is 0 Å². The van der Waals surface area contributed by atoms with Crippen LogP contribution < -0.4 is 5.32 Å². The highest BCUT2D eigenvalue weighted by molar-refractivity contribution is 5.10. The van der Waals surface area contributed by atoms with Gasteiger partial charge in [0, 0.05) is 13.0 Å². The van der Waals surface area contributed by atoms with Crippen LogP contribution in [-0.4, -0.2) is 26.2 Å². The average Bonchev–Trinajstić information content (AvgIpc) is 2.81. The second-order valence-corrected chi connectivity index (χ2v) is 4.02. The molecule has 0 aliphatic rings. The minimum atomic E-state index is -2.40. The number of alkyl halides is 2. The van der Waals surface area contributed by atoms with Gasteiger partial charge in [0.25, 0.3) is 6.43 Å². The van der Waals surface area contributed by atoms with E-state index in [2.05, 4.69) is 5.32 Å². The highest BCUT2D eigenvalue weighted by atomic mass is 19.3. The maximum Gasteiger partial charge on any atom is 0.261 e. The normalized spacial score (nSPS) is 13.2. The van der Waals surface area contributed by atoms with E-state index < -0.39 is 13.0 Å². The van der Waals surface area contributed by atoms with Crippen LogP contribution in [0.25, 0.3) is 0 Å². The first-order valence-corrected chi connectivity index (χ1v) is 6.35. The molecule has 1 aromatic rings. The largest absolute Gasteiger partial charge is 0.464 e. The van der Waals surface area contributed by atoms with Crippen LogP contribution in [0.1, 0.15) is 37.8 Å². The Bertz CT molecular complexity index is 329. The van der Waals surface area contributed by atoms with E-state index in [9.17, 15) is 8.78 Å². The lowest BCUT2D eigenvalue weighted by Gasteiger charge is -2.15. The molecule has 0 saturated carbocycles. The third-order valence-corrected chi connectivity index (χ3v) is 2.62. The molecule has 0 aromatic carbocycles. The summed E-state index contributed by atoms with van der Waals surface area (Å²) >= 11 is 0. The highest BCUT2D eigenvalue weighted by Gasteiger charge is 2.14. The SMILES string of the molecule is CCNC(CCOCC(F)F)c1ccc(CC)o1. The lowest BCUT2D eigenvalue weighted by molar-refractivity contribution is 0.0139. The summed E-state index contributed by atoms with van der Waals surface area (Å²) in [6.45, 7) is 4.61. The van der Waals surface area contributed by atoms with Gasteiger partial charge in [0.1, 0.15) is 18.1 Å². The van der Waals surface area contributed by atoms with E-state index in [1.54, 1.807) is 0 Å². The van der Waals surface area contributed by atoms with Crippen molar-refractivity contribution < 1.29 is 17.9 Å². The standard InChI is InChI=1S/C13H21F2NO2/c1-3-10-5-6-12(18-10)11(16-4-2)7-8-17-9-13(14)15/h5-6,11,13,16H,3-4,7-9H2,1-2H3. The van der Waals surface area contributed by atoms with Crippen molar-refractivity contribution in [2.24, 2.45) is 0 Å². The number of hydrogen-bond donors (Lipinski definition) is 1. The van der Waals surface area contributed by atoms with E-state index in [0.29, 0.717) is 13.0 Å². The lowest BCUT2D eigenvalue weighted by Crippen LogP contribution is -2.22. The zero-order valence-corrected chi connectivity index (χ0v) is 10.9. The van der Waals surface area contributed by atoms with Gasteiger partial charge in [0.05, 0.1) is 6.04 Å². The first-order valence-electron chi connectivity index (χ1n) is 6.35. The quantitative estimate of drug-likeness (QED) is 0.693. The topological polar surface area (TPSA) is 34.4 Å². The predicted octanol–water partition coefficient (Wildman–Crippen LogP) is 3.16. The Labute approximate surface area is 107 Å². The lowest BCUT2D eigenvalue weighted by atomic mass is 10.1. The molecule has 0 amide bonds. The molecule has 3 nitrogen and oxygen atoms in total. The fraction of sp³-hybridized carbons (Fsp3) is 0.692. The minimum absolute atomic E-state index is 0.0213. The van der Waals surface area contributed by atoms with Crippen molar-refractivity contribution in [2.45, 2.75) is 39.2 Å². The van der Waals surface area contributed by atoms with E-state index in [0.717, 1.165) is 24.5 Å². The zero-order valence-electron chi connectivity index (χ0n) is 10.9. The summed E-state index contributed by atoms with van der Waals surface area (Å²) in [6, 6.07) is 3.90. The average molecular weight is 261 g/mol. The number of ether oxygens (including phenoxy) is 1. The van der Waals surface area contributed by atoms with Crippen LogP contribution >= 0.6 is 0 Å². The van der Waals surface area contributed by atoms with Crippen molar-refractivity contribution in [3.8, 4) is 0 Å². The second-order valence-electron chi connectivity index (χ2n) is 4.02. The van der Waals surface area contributed by atoms with Crippen LogP contribution in [0.15, 0.2) is 16.5 Å². The summed E-state index contributed by atoms with van der Waals surface area (Å²) in [7, 11) is 0. The summed E-state index contributed by atoms with van der Waals surface area (Å²) in [5.41, 5.74) is 0. The van der Waals surface area contributed by atoms with Gasteiger partial charge in [0.2, 0.25) is 0 Å². The molecule has 0 aliphatic heterocycles. The maximum absolute atomic E-state index is 11.9. The van der Waals surface area contributed by atoms with Crippen molar-refractivity contribution in [3.63, 3.8) is 0 Å². The Morgan fingerprint density at radius 2 is 2.11 bits per heavy atom. The summed E-state index contributed by atoms with van der Waals surface area (Å²) < 4.78 is 34.4. The molecular weight excluding hydrogens is 240 g/mol. The number of nitrogens with one attached hydrogen (secondary N) is 1. The van der Waals surface area contributed by atoms with Crippen molar-refractivity contribution in [2.75, 3.05) is 19.8 Å². The van der Waals surface area contributed by atoms with Crippen LogP contribution in [0.5, 0.6) is 0 Å². The summed E-state index contributed by atoms with van der Waals surface area (Å²) in [4.78, 5) is 0. The van der Waals surface area contributed by atoms with Gasteiger partial charge in [-0.05, 0) is 25.1 Å². The first-order chi connectivity index (χ1) is 8.67. The van der Waals surface area contributed by atoms with Crippen LogP contribution in [0.4, 0.5) is 8.78 Å². The fourth-order valence-corrected chi connectivity index (χ4v) is 1.74. The molecule has 0 saturated heterocycles. The molecule has 1 N–H and O–H groups in total. The third kappa shape index (κ3) is 5.14. The van der Waals surface area contributed by atoms with E-state index in [4.69, 9.17) is 9.15 Å². The van der Waals surface area contributed by atoms with Gasteiger partial charge in [-0.2, -0.15) is 0 Å². The van der Waals surface area contributed by atoms with Gasteiger partial charge in [-0.25, -0.2) is 8.78 Å². The second kappa shape index (κ2) is 8.21. The Kier molecular flexibility index (Phi) is 6.90. The molecule has 0 radical (unpaired) electrons. The molecule has 1 rings (SSSR count). The number of aryl methyl sites for hydroxylation is 1. The van der Waals surface area contributed by atoms with Crippen molar-refractivity contribution in [3.05, 3.63) is 23.7 Å². The first kappa shape index (κ1) is 15.1. The fourth-order valence-electron chi connectivity index (χ4n) is 1.74. The summed E-state index contributed by atoms with van der Waals surface area (Å²) in [5, 5.41) is 3.26. The molecule has 104 valence electrons. The Balaban J connectivity index is 2.43. The van der Waals surface area contributed by atoms with Crippen molar-refractivity contribution in [1.82, 2.24) is 5.32 Å². The van der Waals surface area contributed by atoms with Gasteiger partial charge in [-0.15, -0.1) is 0 Å². The highest BCUT2D eigenvalue weighted by Crippen LogP contribution is 2.20.